The van der Waals surface area contributed by atoms with E-state index in [4.69, 9.17) is 5.21 Å². The Bertz CT molecular complexity index is 531. The van der Waals surface area contributed by atoms with Crippen LogP contribution < -0.4 is 9.79 Å². The number of hydrogen-bond acceptors (Lipinski definition) is 4. The average molecular weight is 314 g/mol. The molecular weight excluding hydrogens is 292 g/mol. The van der Waals surface area contributed by atoms with Gasteiger partial charge in [0, 0.05) is 13.5 Å². The van der Waals surface area contributed by atoms with E-state index in [2.05, 4.69) is 0 Å². The van der Waals surface area contributed by atoms with Crippen LogP contribution in [-0.2, 0) is 14.8 Å². The summed E-state index contributed by atoms with van der Waals surface area (Å²) in [5.41, 5.74) is 2.22. The molecule has 118 valence electrons. The quantitative estimate of drug-likeness (QED) is 0.414. The molecule has 0 unspecified atom stereocenters. The van der Waals surface area contributed by atoms with Crippen molar-refractivity contribution in [2.75, 3.05) is 17.1 Å². The Hall–Kier alpha value is -1.60. The fourth-order valence-electron chi connectivity index (χ4n) is 1.91. The number of hydrogen-bond donors (Lipinski definition) is 2. The van der Waals surface area contributed by atoms with E-state index in [0.29, 0.717) is 18.5 Å². The van der Waals surface area contributed by atoms with Gasteiger partial charge in [0.15, 0.2) is 0 Å². The van der Waals surface area contributed by atoms with E-state index in [1.54, 1.807) is 36.8 Å². The summed E-state index contributed by atoms with van der Waals surface area (Å²) in [6.45, 7) is 0. The molecule has 1 amide bonds. The highest BCUT2D eigenvalue weighted by Crippen LogP contribution is 2.16. The molecule has 1 aromatic carbocycles. The second-order valence-corrected chi connectivity index (χ2v) is 6.94. The van der Waals surface area contributed by atoms with Gasteiger partial charge in [-0.15, -0.1) is 0 Å². The zero-order chi connectivity index (χ0) is 15.7. The van der Waals surface area contributed by atoms with E-state index in [1.807, 2.05) is 6.07 Å². The van der Waals surface area contributed by atoms with Gasteiger partial charge in [-0.1, -0.05) is 31.0 Å². The summed E-state index contributed by atoms with van der Waals surface area (Å²) < 4.78 is 25.6. The standard InChI is InChI=1S/C14H22N2O4S/c1-16(13-9-5-4-6-10-13)21(19,20)12-8-3-2-7-11-14(17)15-18/h4-6,9-10,18H,2-3,7-8,11-12H2,1H3,(H,15,17). The predicted molar refractivity (Wildman–Crippen MR) is 81.6 cm³/mol. The second kappa shape index (κ2) is 8.63. The second-order valence-electron chi connectivity index (χ2n) is 4.82. The Balaban J connectivity index is 2.32. The molecule has 0 aliphatic carbocycles. The van der Waals surface area contributed by atoms with E-state index in [0.717, 1.165) is 12.8 Å². The number of unbranched alkanes of at least 4 members (excludes halogenated alkanes) is 3. The van der Waals surface area contributed by atoms with Crippen molar-refractivity contribution < 1.29 is 18.4 Å². The molecule has 0 aromatic heterocycles. The van der Waals surface area contributed by atoms with Crippen molar-refractivity contribution in [3.8, 4) is 0 Å². The van der Waals surface area contributed by atoms with Crippen LogP contribution in [0.25, 0.3) is 0 Å². The minimum Gasteiger partial charge on any atom is -0.289 e. The van der Waals surface area contributed by atoms with Crippen LogP contribution in [0, 0.1) is 0 Å². The summed E-state index contributed by atoms with van der Waals surface area (Å²) >= 11 is 0. The number of nitrogens with one attached hydrogen (secondary N) is 1. The van der Waals surface area contributed by atoms with Crippen molar-refractivity contribution in [1.29, 1.82) is 0 Å². The smallest absolute Gasteiger partial charge is 0.243 e. The summed E-state index contributed by atoms with van der Waals surface area (Å²) in [5.74, 6) is -0.323. The third-order valence-electron chi connectivity index (χ3n) is 3.22. The maximum absolute atomic E-state index is 12.1. The van der Waals surface area contributed by atoms with Gasteiger partial charge >= 0.3 is 0 Å². The monoisotopic (exact) mass is 314 g/mol. The Kier molecular flexibility index (Phi) is 7.18. The fourth-order valence-corrected chi connectivity index (χ4v) is 3.20. The molecule has 0 radical (unpaired) electrons. The highest BCUT2D eigenvalue weighted by molar-refractivity contribution is 7.92. The summed E-state index contributed by atoms with van der Waals surface area (Å²) in [6, 6.07) is 8.95. The number of benzene rings is 1. The predicted octanol–water partition coefficient (Wildman–Crippen LogP) is 1.91. The number of sulfonamides is 1. The minimum atomic E-state index is -3.31. The fraction of sp³-hybridized carbons (Fsp3) is 0.500. The van der Waals surface area contributed by atoms with Crippen LogP contribution in [0.4, 0.5) is 5.69 Å². The lowest BCUT2D eigenvalue weighted by Crippen LogP contribution is -2.28. The van der Waals surface area contributed by atoms with E-state index in [-0.39, 0.29) is 12.2 Å². The molecule has 1 aromatic rings. The first-order valence-corrected chi connectivity index (χ1v) is 8.53. The number of amides is 1. The molecule has 6 nitrogen and oxygen atoms in total. The Labute approximate surface area is 125 Å². The number of hydroxylamine groups is 1. The molecule has 0 spiro atoms. The molecule has 1 rings (SSSR count). The van der Waals surface area contributed by atoms with E-state index in [9.17, 15) is 13.2 Å². The number of para-hydroxylation sites is 1. The number of carbonyl (C=O) groups is 1. The van der Waals surface area contributed by atoms with Crippen molar-refractivity contribution in [2.24, 2.45) is 0 Å². The van der Waals surface area contributed by atoms with Gasteiger partial charge in [-0.05, 0) is 25.0 Å². The van der Waals surface area contributed by atoms with Gasteiger partial charge in [0.1, 0.15) is 0 Å². The molecule has 0 heterocycles. The molecule has 0 fully saturated rings. The topological polar surface area (TPSA) is 86.7 Å². The van der Waals surface area contributed by atoms with Gasteiger partial charge < -0.3 is 0 Å². The molecular formula is C14H22N2O4S. The van der Waals surface area contributed by atoms with Crippen LogP contribution in [0.15, 0.2) is 30.3 Å². The zero-order valence-electron chi connectivity index (χ0n) is 12.2. The minimum absolute atomic E-state index is 0.0879. The summed E-state index contributed by atoms with van der Waals surface area (Å²) in [7, 11) is -1.76. The first-order valence-electron chi connectivity index (χ1n) is 6.92. The third kappa shape index (κ3) is 6.14. The zero-order valence-corrected chi connectivity index (χ0v) is 13.0. The van der Waals surface area contributed by atoms with Crippen LogP contribution in [0.2, 0.25) is 0 Å². The lowest BCUT2D eigenvalue weighted by Gasteiger charge is -2.19. The number of carbonyl (C=O) groups excluding carboxylic acids is 1. The van der Waals surface area contributed by atoms with Crippen LogP contribution in [0.1, 0.15) is 32.1 Å². The molecule has 7 heteroatoms. The number of nitrogens with zero attached hydrogens (tertiary/aromatic N) is 1. The van der Waals surface area contributed by atoms with Gasteiger partial charge in [-0.25, -0.2) is 13.9 Å². The average Bonchev–Trinajstić information content (AvgIpc) is 2.50. The van der Waals surface area contributed by atoms with Crippen LogP contribution in [0.5, 0.6) is 0 Å². The van der Waals surface area contributed by atoms with Gasteiger partial charge in [-0.2, -0.15) is 0 Å². The Morgan fingerprint density at radius 2 is 1.76 bits per heavy atom. The first-order chi connectivity index (χ1) is 9.97. The summed E-state index contributed by atoms with van der Waals surface area (Å²) in [6.07, 6.45) is 2.95. The number of rotatable bonds is 9. The van der Waals surface area contributed by atoms with Crippen LogP contribution >= 0.6 is 0 Å². The lowest BCUT2D eigenvalue weighted by molar-refractivity contribution is -0.129. The van der Waals surface area contributed by atoms with Crippen molar-refractivity contribution in [3.63, 3.8) is 0 Å². The lowest BCUT2D eigenvalue weighted by atomic mass is 10.1. The highest BCUT2D eigenvalue weighted by atomic mass is 32.2. The summed E-state index contributed by atoms with van der Waals surface area (Å²) in [4.78, 5) is 10.8. The normalized spacial score (nSPS) is 11.1. The Morgan fingerprint density at radius 3 is 2.38 bits per heavy atom. The van der Waals surface area contributed by atoms with E-state index >= 15 is 0 Å². The molecule has 21 heavy (non-hydrogen) atoms. The summed E-state index contributed by atoms with van der Waals surface area (Å²) in [5, 5.41) is 8.33. The molecule has 2 N–H and O–H groups in total. The highest BCUT2D eigenvalue weighted by Gasteiger charge is 2.17. The van der Waals surface area contributed by atoms with E-state index in [1.165, 1.54) is 4.31 Å². The van der Waals surface area contributed by atoms with Crippen molar-refractivity contribution in [2.45, 2.75) is 32.1 Å². The Morgan fingerprint density at radius 1 is 1.14 bits per heavy atom. The molecule has 0 saturated heterocycles. The number of anilines is 1. The van der Waals surface area contributed by atoms with Crippen LogP contribution in [-0.4, -0.2) is 32.3 Å². The largest absolute Gasteiger partial charge is 0.289 e. The first kappa shape index (κ1) is 17.5. The third-order valence-corrected chi connectivity index (χ3v) is 5.07. The van der Waals surface area contributed by atoms with Crippen molar-refractivity contribution in [1.82, 2.24) is 5.48 Å². The van der Waals surface area contributed by atoms with Gasteiger partial charge in [-0.3, -0.25) is 14.3 Å². The van der Waals surface area contributed by atoms with Gasteiger partial charge in [0.2, 0.25) is 15.9 Å². The maximum Gasteiger partial charge on any atom is 0.243 e. The SMILES string of the molecule is CN(c1ccccc1)S(=O)(=O)CCCCCCC(=O)NO. The molecule has 0 aliphatic rings. The molecule has 0 bridgehead atoms. The van der Waals surface area contributed by atoms with E-state index < -0.39 is 15.9 Å². The van der Waals surface area contributed by atoms with Gasteiger partial charge in [0.25, 0.3) is 0 Å². The van der Waals surface area contributed by atoms with Crippen LogP contribution in [0.3, 0.4) is 0 Å². The maximum atomic E-state index is 12.1. The van der Waals surface area contributed by atoms with Crippen molar-refractivity contribution >= 4 is 21.6 Å². The molecule has 0 atom stereocenters. The van der Waals surface area contributed by atoms with Crippen molar-refractivity contribution in [3.05, 3.63) is 30.3 Å². The molecule has 0 aliphatic heterocycles. The van der Waals surface area contributed by atoms with Gasteiger partial charge in [0.05, 0.1) is 11.4 Å². The molecule has 0 saturated carbocycles.